The van der Waals surface area contributed by atoms with E-state index in [0.717, 1.165) is 11.1 Å². The first-order chi connectivity index (χ1) is 9.79. The predicted molar refractivity (Wildman–Crippen MR) is 77.6 cm³/mol. The normalized spacial score (nSPS) is 20.4. The van der Waals surface area contributed by atoms with Crippen LogP contribution in [0.4, 0.5) is 0 Å². The Morgan fingerprint density at radius 2 is 1.95 bits per heavy atom. The van der Waals surface area contributed by atoms with Crippen LogP contribution in [0.5, 0.6) is 0 Å². The summed E-state index contributed by atoms with van der Waals surface area (Å²) in [5.74, 6) is -1.22. The minimum absolute atomic E-state index is 0.106. The zero-order valence-corrected chi connectivity index (χ0v) is 12.8. The van der Waals surface area contributed by atoms with Gasteiger partial charge in [0.1, 0.15) is 11.3 Å². The number of nitrogens with one attached hydrogen (secondary N) is 1. The first kappa shape index (κ1) is 15.9. The zero-order valence-electron chi connectivity index (χ0n) is 12.0. The molecule has 2 N–H and O–H groups in total. The van der Waals surface area contributed by atoms with Crippen molar-refractivity contribution in [2.75, 3.05) is 13.2 Å². The van der Waals surface area contributed by atoms with Crippen molar-refractivity contribution in [3.63, 3.8) is 0 Å². The van der Waals surface area contributed by atoms with Crippen LogP contribution in [-0.2, 0) is 19.6 Å². The van der Waals surface area contributed by atoms with Gasteiger partial charge in [-0.15, -0.1) is 0 Å². The number of aryl methyl sites for hydroxylation is 2. The van der Waals surface area contributed by atoms with Gasteiger partial charge in [0.2, 0.25) is 10.0 Å². The first-order valence-electron chi connectivity index (χ1n) is 6.69. The summed E-state index contributed by atoms with van der Waals surface area (Å²) >= 11 is 0. The number of rotatable bonds is 5. The van der Waals surface area contributed by atoms with E-state index in [0.29, 0.717) is 18.6 Å². The van der Waals surface area contributed by atoms with E-state index < -0.39 is 27.3 Å². The number of carbonyl (C=O) groups is 1. The van der Waals surface area contributed by atoms with Crippen molar-refractivity contribution >= 4 is 16.0 Å². The largest absolute Gasteiger partial charge is 0.480 e. The Bertz CT molecular complexity index is 615. The monoisotopic (exact) mass is 313 g/mol. The number of hydrogen-bond donors (Lipinski definition) is 2. The molecule has 21 heavy (non-hydrogen) atoms. The van der Waals surface area contributed by atoms with Crippen molar-refractivity contribution < 1.29 is 23.1 Å². The van der Waals surface area contributed by atoms with Crippen molar-refractivity contribution in [1.82, 2.24) is 4.72 Å². The van der Waals surface area contributed by atoms with Gasteiger partial charge < -0.3 is 9.84 Å². The van der Waals surface area contributed by atoms with E-state index in [1.807, 2.05) is 19.9 Å². The summed E-state index contributed by atoms with van der Waals surface area (Å²) in [5.41, 5.74) is 2.21. The van der Waals surface area contributed by atoms with Gasteiger partial charge in [-0.3, -0.25) is 4.79 Å². The predicted octanol–water partition coefficient (Wildman–Crippen LogP) is 1.14. The lowest BCUT2D eigenvalue weighted by Crippen LogP contribution is -2.40. The second-order valence-electron chi connectivity index (χ2n) is 5.34. The van der Waals surface area contributed by atoms with E-state index in [4.69, 9.17) is 4.74 Å². The molecule has 6 nitrogen and oxygen atoms in total. The lowest BCUT2D eigenvalue weighted by molar-refractivity contribution is -0.139. The number of hydrogen-bond acceptors (Lipinski definition) is 4. The van der Waals surface area contributed by atoms with Gasteiger partial charge in [-0.05, 0) is 25.8 Å². The highest BCUT2D eigenvalue weighted by atomic mass is 32.2. The van der Waals surface area contributed by atoms with Gasteiger partial charge >= 0.3 is 5.97 Å². The lowest BCUT2D eigenvalue weighted by Gasteiger charge is -2.18. The number of ether oxygens (including phenoxy) is 1. The molecule has 7 heteroatoms. The molecule has 2 unspecified atom stereocenters. The minimum atomic E-state index is -3.73. The molecule has 1 aliphatic rings. The van der Waals surface area contributed by atoms with Crippen LogP contribution in [0.25, 0.3) is 0 Å². The maximum atomic E-state index is 12.2. The molecule has 1 aliphatic heterocycles. The van der Waals surface area contributed by atoms with Crippen molar-refractivity contribution in [1.29, 1.82) is 0 Å². The molecule has 1 fully saturated rings. The Morgan fingerprint density at radius 1 is 1.33 bits per heavy atom. The van der Waals surface area contributed by atoms with Crippen LogP contribution in [0.2, 0.25) is 0 Å². The average Bonchev–Trinajstić information content (AvgIpc) is 2.89. The van der Waals surface area contributed by atoms with Crippen LogP contribution in [-0.4, -0.2) is 38.0 Å². The first-order valence-corrected chi connectivity index (χ1v) is 8.24. The maximum Gasteiger partial charge on any atom is 0.326 e. The summed E-state index contributed by atoms with van der Waals surface area (Å²) < 4.78 is 31.8. The van der Waals surface area contributed by atoms with Gasteiger partial charge in [0, 0.05) is 6.61 Å². The van der Waals surface area contributed by atoms with Crippen LogP contribution < -0.4 is 4.72 Å². The molecule has 116 valence electrons. The SMILES string of the molecule is Cc1cc(C)cc(C(NS(=O)(=O)C2CCOC2)C(=O)O)c1. The molecule has 0 aromatic heterocycles. The second-order valence-corrected chi connectivity index (χ2v) is 7.33. The van der Waals surface area contributed by atoms with Crippen LogP contribution in [0.3, 0.4) is 0 Å². The molecule has 0 amide bonds. The molecule has 0 spiro atoms. The summed E-state index contributed by atoms with van der Waals surface area (Å²) in [4.78, 5) is 11.5. The highest BCUT2D eigenvalue weighted by molar-refractivity contribution is 7.90. The van der Waals surface area contributed by atoms with E-state index in [1.165, 1.54) is 0 Å². The van der Waals surface area contributed by atoms with Gasteiger partial charge in [-0.25, -0.2) is 8.42 Å². The van der Waals surface area contributed by atoms with E-state index in [-0.39, 0.29) is 6.61 Å². The number of sulfonamides is 1. The van der Waals surface area contributed by atoms with Crippen molar-refractivity contribution in [2.24, 2.45) is 0 Å². The fourth-order valence-electron chi connectivity index (χ4n) is 2.46. The standard InChI is InChI=1S/C14H19NO5S/c1-9-5-10(2)7-11(6-9)13(14(16)17)15-21(18,19)12-3-4-20-8-12/h5-7,12-13,15H,3-4,8H2,1-2H3,(H,16,17). The van der Waals surface area contributed by atoms with Crippen molar-refractivity contribution in [3.05, 3.63) is 34.9 Å². The fourth-order valence-corrected chi connectivity index (χ4v) is 3.90. The van der Waals surface area contributed by atoms with Gasteiger partial charge in [0.25, 0.3) is 0 Å². The fraction of sp³-hybridized carbons (Fsp3) is 0.500. The van der Waals surface area contributed by atoms with E-state index in [2.05, 4.69) is 4.72 Å². The number of aliphatic carboxylic acids is 1. The van der Waals surface area contributed by atoms with Crippen LogP contribution >= 0.6 is 0 Å². The molecule has 1 heterocycles. The number of carboxylic acid groups (broad SMARTS) is 1. The second kappa shape index (κ2) is 6.13. The Morgan fingerprint density at radius 3 is 2.43 bits per heavy atom. The topological polar surface area (TPSA) is 92.7 Å². The molecule has 0 radical (unpaired) electrons. The Labute approximate surface area is 124 Å². The molecule has 2 atom stereocenters. The lowest BCUT2D eigenvalue weighted by atomic mass is 10.0. The maximum absolute atomic E-state index is 12.2. The number of carboxylic acids is 1. The van der Waals surface area contributed by atoms with Crippen LogP contribution in [0, 0.1) is 13.8 Å². The van der Waals surface area contributed by atoms with Crippen LogP contribution in [0.15, 0.2) is 18.2 Å². The Balaban J connectivity index is 2.29. The summed E-state index contributed by atoms with van der Waals surface area (Å²) in [6.07, 6.45) is 0.383. The highest BCUT2D eigenvalue weighted by Gasteiger charge is 2.34. The third-order valence-electron chi connectivity index (χ3n) is 3.43. The third kappa shape index (κ3) is 3.81. The van der Waals surface area contributed by atoms with Gasteiger partial charge in [-0.1, -0.05) is 29.3 Å². The molecule has 2 rings (SSSR count). The summed E-state index contributed by atoms with van der Waals surface area (Å²) in [6, 6.07) is 3.98. The third-order valence-corrected chi connectivity index (χ3v) is 5.25. The van der Waals surface area contributed by atoms with Gasteiger partial charge in [0.05, 0.1) is 6.61 Å². The van der Waals surface area contributed by atoms with Crippen LogP contribution in [0.1, 0.15) is 29.2 Å². The molecule has 1 saturated heterocycles. The summed E-state index contributed by atoms with van der Waals surface area (Å²) in [6.45, 7) is 4.17. The number of benzene rings is 1. The molecule has 0 aliphatic carbocycles. The Kier molecular flexibility index (Phi) is 4.65. The molecule has 0 saturated carbocycles. The quantitative estimate of drug-likeness (QED) is 0.850. The summed E-state index contributed by atoms with van der Waals surface area (Å²) in [5, 5.41) is 8.67. The zero-order chi connectivity index (χ0) is 15.6. The Hall–Kier alpha value is -1.44. The summed E-state index contributed by atoms with van der Waals surface area (Å²) in [7, 11) is -3.73. The van der Waals surface area contributed by atoms with Crippen molar-refractivity contribution in [2.45, 2.75) is 31.6 Å². The minimum Gasteiger partial charge on any atom is -0.480 e. The molecule has 1 aromatic rings. The van der Waals surface area contributed by atoms with E-state index in [1.54, 1.807) is 12.1 Å². The van der Waals surface area contributed by atoms with Gasteiger partial charge in [0.15, 0.2) is 0 Å². The molecular formula is C14H19NO5S. The molecule has 0 bridgehead atoms. The highest BCUT2D eigenvalue weighted by Crippen LogP contribution is 2.21. The van der Waals surface area contributed by atoms with E-state index in [9.17, 15) is 18.3 Å². The van der Waals surface area contributed by atoms with E-state index >= 15 is 0 Å². The molecular weight excluding hydrogens is 294 g/mol. The molecule has 1 aromatic carbocycles. The van der Waals surface area contributed by atoms with Crippen molar-refractivity contribution in [3.8, 4) is 0 Å². The average molecular weight is 313 g/mol. The smallest absolute Gasteiger partial charge is 0.326 e. The van der Waals surface area contributed by atoms with Gasteiger partial charge in [-0.2, -0.15) is 4.72 Å².